The number of H-pyrrole nitrogens is 1. The molecule has 1 aromatic carbocycles. The molecular weight excluding hydrogens is 484 g/mol. The topological polar surface area (TPSA) is 104 Å². The van der Waals surface area contributed by atoms with Crippen LogP contribution in [0.2, 0.25) is 5.02 Å². The zero-order chi connectivity index (χ0) is 21.1. The third-order valence-corrected chi connectivity index (χ3v) is 5.34. The first kappa shape index (κ1) is 21.3. The average molecular weight is 500 g/mol. The van der Waals surface area contributed by atoms with E-state index in [1.54, 1.807) is 29.2 Å². The summed E-state index contributed by atoms with van der Waals surface area (Å²) in [7, 11) is 5.18. The molecule has 0 saturated carbocycles. The zero-order valence-corrected chi connectivity index (χ0v) is 18.7. The smallest absolute Gasteiger partial charge is 0.342 e. The predicted octanol–water partition coefficient (Wildman–Crippen LogP) is 4.77. The van der Waals surface area contributed by atoms with Gasteiger partial charge in [0, 0.05) is 31.3 Å². The Bertz CT molecular complexity index is 1080. The second kappa shape index (κ2) is 8.93. The van der Waals surface area contributed by atoms with Gasteiger partial charge < -0.3 is 19.2 Å². The Morgan fingerprint density at radius 1 is 1.41 bits per heavy atom. The maximum absolute atomic E-state index is 11.7. The van der Waals surface area contributed by atoms with Gasteiger partial charge in [-0.3, -0.25) is 5.10 Å². The van der Waals surface area contributed by atoms with Crippen LogP contribution in [0, 0.1) is 0 Å². The largest absolute Gasteiger partial charge is 0.496 e. The van der Waals surface area contributed by atoms with Gasteiger partial charge in [0.05, 0.1) is 17.1 Å². The van der Waals surface area contributed by atoms with Crippen LogP contribution >= 0.6 is 39.3 Å². The summed E-state index contributed by atoms with van der Waals surface area (Å²) < 4.78 is 11.7. The van der Waals surface area contributed by atoms with Gasteiger partial charge in [-0.2, -0.15) is 0 Å². The van der Waals surface area contributed by atoms with Crippen LogP contribution < -0.4 is 9.64 Å². The molecule has 0 atom stereocenters. The summed E-state index contributed by atoms with van der Waals surface area (Å²) in [6, 6.07) is 6.79. The summed E-state index contributed by atoms with van der Waals surface area (Å²) in [6.07, 6.45) is 1.42. The summed E-state index contributed by atoms with van der Waals surface area (Å²) in [5, 5.41) is 17.2. The Hall–Kier alpha value is -2.43. The first-order valence-electron chi connectivity index (χ1n) is 8.14. The van der Waals surface area contributed by atoms with Gasteiger partial charge in [0.25, 0.3) is 0 Å². The number of ether oxygens (including phenoxy) is 1. The lowest BCUT2D eigenvalue weighted by molar-refractivity contribution is -0.131. The van der Waals surface area contributed by atoms with Crippen LogP contribution in [-0.2, 0) is 4.79 Å². The van der Waals surface area contributed by atoms with Crippen molar-refractivity contribution in [1.29, 1.82) is 0 Å². The molecule has 0 aliphatic heterocycles. The minimum Gasteiger partial charge on any atom is -0.496 e. The van der Waals surface area contributed by atoms with Gasteiger partial charge in [0.2, 0.25) is 11.0 Å². The normalized spacial score (nSPS) is 11.6. The van der Waals surface area contributed by atoms with E-state index in [0.717, 1.165) is 16.2 Å². The van der Waals surface area contributed by atoms with E-state index in [4.69, 9.17) is 20.8 Å². The first-order chi connectivity index (χ1) is 13.8. The number of aromatic nitrogens is 3. The predicted molar refractivity (Wildman–Crippen MR) is 116 cm³/mol. The Balaban J connectivity index is 1.89. The van der Waals surface area contributed by atoms with E-state index < -0.39 is 5.97 Å². The van der Waals surface area contributed by atoms with Crippen molar-refractivity contribution in [3.05, 3.63) is 44.4 Å². The lowest BCUT2D eigenvalue weighted by Gasteiger charge is -2.07. The maximum atomic E-state index is 11.7. The van der Waals surface area contributed by atoms with Gasteiger partial charge in [-0.05, 0) is 45.9 Å². The molecule has 0 fully saturated rings. The number of carboxylic acid groups (broad SMARTS) is 1. The number of furan rings is 1. The fourth-order valence-corrected chi connectivity index (χ4v) is 3.91. The number of carbonyl (C=O) groups is 1. The number of methoxy groups -OCH3 is 1. The molecule has 2 aromatic heterocycles. The zero-order valence-electron chi connectivity index (χ0n) is 15.6. The van der Waals surface area contributed by atoms with Crippen LogP contribution in [-0.4, -0.2) is 47.5 Å². The number of nitrogens with zero attached hydrogens (tertiary/aromatic N) is 3. The number of anilines is 1. The highest BCUT2D eigenvalue weighted by Crippen LogP contribution is 2.34. The first-order valence-corrected chi connectivity index (χ1v) is 10.1. The highest BCUT2D eigenvalue weighted by molar-refractivity contribution is 9.10. The van der Waals surface area contributed by atoms with Gasteiger partial charge in [0.1, 0.15) is 16.4 Å². The number of nitrogens with one attached hydrogen (secondary N) is 1. The number of hydrogen-bond acceptors (Lipinski definition) is 7. The van der Waals surface area contributed by atoms with E-state index >= 15 is 0 Å². The summed E-state index contributed by atoms with van der Waals surface area (Å²) in [4.78, 5) is 17.8. The third kappa shape index (κ3) is 4.95. The molecule has 0 aliphatic rings. The van der Waals surface area contributed by atoms with Crippen molar-refractivity contribution >= 4 is 57.2 Å². The van der Waals surface area contributed by atoms with E-state index in [1.165, 1.54) is 13.2 Å². The molecule has 0 amide bonds. The highest BCUT2D eigenvalue weighted by atomic mass is 79.9. The molecule has 2 N–H and O–H groups in total. The van der Waals surface area contributed by atoms with Crippen molar-refractivity contribution < 1.29 is 19.1 Å². The molecule has 3 rings (SSSR count). The van der Waals surface area contributed by atoms with Crippen molar-refractivity contribution in [2.75, 3.05) is 26.1 Å². The van der Waals surface area contributed by atoms with Crippen LogP contribution in [0.15, 0.2) is 43.2 Å². The molecule has 0 spiro atoms. The molecule has 29 heavy (non-hydrogen) atoms. The van der Waals surface area contributed by atoms with Gasteiger partial charge >= 0.3 is 5.97 Å². The second-order valence-electron chi connectivity index (χ2n) is 5.92. The molecule has 0 aliphatic carbocycles. The van der Waals surface area contributed by atoms with Crippen molar-refractivity contribution in [2.45, 2.75) is 5.16 Å². The lowest BCUT2D eigenvalue weighted by atomic mass is 10.2. The molecule has 3 aromatic rings. The second-order valence-corrected chi connectivity index (χ2v) is 8.22. The Kier molecular flexibility index (Phi) is 6.56. The number of carboxylic acids is 1. The van der Waals surface area contributed by atoms with Crippen LogP contribution in [0.5, 0.6) is 5.75 Å². The van der Waals surface area contributed by atoms with E-state index in [0.29, 0.717) is 33.8 Å². The third-order valence-electron chi connectivity index (χ3n) is 3.66. The molecule has 2 heterocycles. The lowest BCUT2D eigenvalue weighted by Crippen LogP contribution is -2.07. The number of thioether (sulfide) groups is 1. The molecule has 152 valence electrons. The quantitative estimate of drug-likeness (QED) is 0.354. The number of aliphatic carboxylic acids is 1. The van der Waals surface area contributed by atoms with Crippen LogP contribution in [0.25, 0.3) is 17.5 Å². The molecule has 11 heteroatoms. The number of rotatable bonds is 7. The summed E-state index contributed by atoms with van der Waals surface area (Å²) in [5.74, 6) is 0.817. The summed E-state index contributed by atoms with van der Waals surface area (Å²) in [6.45, 7) is 0. The Morgan fingerprint density at radius 3 is 2.79 bits per heavy atom. The summed E-state index contributed by atoms with van der Waals surface area (Å²) in [5.41, 5.74) is 0.616. The molecule has 0 radical (unpaired) electrons. The van der Waals surface area contributed by atoms with E-state index in [9.17, 15) is 9.90 Å². The average Bonchev–Trinajstić information content (AvgIpc) is 3.27. The van der Waals surface area contributed by atoms with Crippen molar-refractivity contribution in [2.24, 2.45) is 0 Å². The molecular formula is C18H16BrClN4O4S. The SMILES string of the molecule is COc1ccc(Cl)cc1-c1nc(S/C(=C\c2cc(Br)c(N(C)C)o2)C(=O)O)n[nH]1. The number of benzene rings is 1. The molecule has 0 saturated heterocycles. The summed E-state index contributed by atoms with van der Waals surface area (Å²) >= 11 is 10.3. The fourth-order valence-electron chi connectivity index (χ4n) is 2.39. The van der Waals surface area contributed by atoms with Crippen molar-refractivity contribution in [3.8, 4) is 17.1 Å². The van der Waals surface area contributed by atoms with Crippen molar-refractivity contribution in [1.82, 2.24) is 15.2 Å². The van der Waals surface area contributed by atoms with Crippen LogP contribution in [0.4, 0.5) is 5.88 Å². The minimum atomic E-state index is -1.12. The monoisotopic (exact) mass is 498 g/mol. The van der Waals surface area contributed by atoms with Gasteiger partial charge in [-0.15, -0.1) is 5.10 Å². The van der Waals surface area contributed by atoms with Gasteiger partial charge in [-0.25, -0.2) is 9.78 Å². The van der Waals surface area contributed by atoms with Crippen molar-refractivity contribution in [3.63, 3.8) is 0 Å². The van der Waals surface area contributed by atoms with Crippen LogP contribution in [0.1, 0.15) is 5.76 Å². The molecule has 0 bridgehead atoms. The Morgan fingerprint density at radius 2 is 2.17 bits per heavy atom. The van der Waals surface area contributed by atoms with Gasteiger partial charge in [0.15, 0.2) is 5.82 Å². The van der Waals surface area contributed by atoms with E-state index in [2.05, 4.69) is 31.1 Å². The minimum absolute atomic E-state index is 0.000153. The van der Waals surface area contributed by atoms with Crippen LogP contribution in [0.3, 0.4) is 0 Å². The van der Waals surface area contributed by atoms with E-state index in [-0.39, 0.29) is 10.1 Å². The number of hydrogen-bond donors (Lipinski definition) is 2. The Labute approximate surface area is 184 Å². The fraction of sp³-hybridized carbons (Fsp3) is 0.167. The van der Waals surface area contributed by atoms with Gasteiger partial charge in [-0.1, -0.05) is 11.6 Å². The highest BCUT2D eigenvalue weighted by Gasteiger charge is 2.18. The van der Waals surface area contributed by atoms with E-state index in [1.807, 2.05) is 14.1 Å². The standard InChI is InChI=1S/C18H16BrClN4O4S/c1-24(2)16-12(19)7-10(28-16)8-14(17(25)26)29-18-21-15(22-23-18)11-6-9(20)4-5-13(11)27-3/h4-8H,1-3H3,(H,25,26)(H,21,22,23)/b14-8-. The number of aromatic amines is 1. The molecule has 8 nitrogen and oxygen atoms in total. The maximum Gasteiger partial charge on any atom is 0.342 e. The number of halogens is 2. The molecule has 0 unspecified atom stereocenters.